The fourth-order valence-electron chi connectivity index (χ4n) is 2.73. The van der Waals surface area contributed by atoms with E-state index < -0.39 is 6.04 Å². The molecule has 0 saturated carbocycles. The monoisotopic (exact) mass is 470 g/mol. The van der Waals surface area contributed by atoms with Crippen molar-refractivity contribution in [2.45, 2.75) is 38.6 Å². The van der Waals surface area contributed by atoms with Gasteiger partial charge in [-0.25, -0.2) is 4.39 Å². The van der Waals surface area contributed by atoms with Crippen molar-refractivity contribution < 1.29 is 14.0 Å². The number of carbonyl (C=O) groups excluding carboxylic acids is 2. The number of hydrogen-bond donors (Lipinski definition) is 1. The summed E-state index contributed by atoms with van der Waals surface area (Å²) in [5.74, 6) is 0.0789. The van der Waals surface area contributed by atoms with Crippen molar-refractivity contribution in [3.8, 4) is 0 Å². The second kappa shape index (κ2) is 12.2. The Hall–Kier alpha value is -1.76. The SMILES string of the molecule is CCCNC(=O)C(C)N(Cc1ccc(Cl)cc1Cl)C(=O)CSCc1ccc(F)cc1. The average molecular weight is 471 g/mol. The second-order valence-electron chi connectivity index (χ2n) is 6.84. The maximum absolute atomic E-state index is 13.0. The van der Waals surface area contributed by atoms with Crippen LogP contribution in [0.3, 0.4) is 0 Å². The molecule has 162 valence electrons. The highest BCUT2D eigenvalue weighted by Gasteiger charge is 2.26. The van der Waals surface area contributed by atoms with Crippen LogP contribution in [0.1, 0.15) is 31.4 Å². The number of rotatable bonds is 10. The lowest BCUT2D eigenvalue weighted by Crippen LogP contribution is -2.48. The normalized spacial score (nSPS) is 11.8. The largest absolute Gasteiger partial charge is 0.354 e. The molecule has 0 spiro atoms. The predicted molar refractivity (Wildman–Crippen MR) is 122 cm³/mol. The minimum absolute atomic E-state index is 0.174. The number of thioether (sulfide) groups is 1. The summed E-state index contributed by atoms with van der Waals surface area (Å²) in [5.41, 5.74) is 1.64. The first-order valence-corrected chi connectivity index (χ1v) is 11.6. The van der Waals surface area contributed by atoms with Crippen LogP contribution in [-0.2, 0) is 21.9 Å². The van der Waals surface area contributed by atoms with Gasteiger partial charge in [-0.15, -0.1) is 11.8 Å². The van der Waals surface area contributed by atoms with Gasteiger partial charge in [0, 0.05) is 28.9 Å². The number of benzene rings is 2. The van der Waals surface area contributed by atoms with Gasteiger partial charge in [0.1, 0.15) is 11.9 Å². The smallest absolute Gasteiger partial charge is 0.242 e. The van der Waals surface area contributed by atoms with E-state index in [0.29, 0.717) is 27.9 Å². The molecular formula is C22H25Cl2FN2O2S. The molecule has 2 amide bonds. The van der Waals surface area contributed by atoms with Gasteiger partial charge in [-0.1, -0.05) is 48.3 Å². The summed E-state index contributed by atoms with van der Waals surface area (Å²) in [6, 6.07) is 10.6. The van der Waals surface area contributed by atoms with Gasteiger partial charge in [0.25, 0.3) is 0 Å². The fraction of sp³-hybridized carbons (Fsp3) is 0.364. The highest BCUT2D eigenvalue weighted by atomic mass is 35.5. The van der Waals surface area contributed by atoms with E-state index in [9.17, 15) is 14.0 Å². The topological polar surface area (TPSA) is 49.4 Å². The maximum Gasteiger partial charge on any atom is 0.242 e. The minimum atomic E-state index is -0.651. The second-order valence-corrected chi connectivity index (χ2v) is 8.67. The van der Waals surface area contributed by atoms with E-state index in [2.05, 4.69) is 5.32 Å². The lowest BCUT2D eigenvalue weighted by atomic mass is 10.1. The van der Waals surface area contributed by atoms with Gasteiger partial charge >= 0.3 is 0 Å². The van der Waals surface area contributed by atoms with Crippen LogP contribution in [-0.4, -0.2) is 35.1 Å². The number of nitrogens with zero attached hydrogens (tertiary/aromatic N) is 1. The fourth-order valence-corrected chi connectivity index (χ4v) is 4.07. The van der Waals surface area contributed by atoms with Gasteiger partial charge < -0.3 is 10.2 Å². The first-order chi connectivity index (χ1) is 14.3. The third-order valence-corrected chi connectivity index (χ3v) is 6.06. The van der Waals surface area contributed by atoms with Crippen molar-refractivity contribution in [2.24, 2.45) is 0 Å². The summed E-state index contributed by atoms with van der Waals surface area (Å²) in [5, 5.41) is 3.78. The molecule has 0 bridgehead atoms. The van der Waals surface area contributed by atoms with E-state index in [-0.39, 0.29) is 29.9 Å². The molecule has 1 N–H and O–H groups in total. The molecule has 0 aliphatic carbocycles. The molecular weight excluding hydrogens is 446 g/mol. The molecule has 8 heteroatoms. The van der Waals surface area contributed by atoms with E-state index in [1.54, 1.807) is 37.3 Å². The van der Waals surface area contributed by atoms with E-state index >= 15 is 0 Å². The van der Waals surface area contributed by atoms with Gasteiger partial charge in [-0.3, -0.25) is 9.59 Å². The van der Waals surface area contributed by atoms with Crippen molar-refractivity contribution >= 4 is 46.8 Å². The van der Waals surface area contributed by atoms with Gasteiger partial charge in [0.2, 0.25) is 11.8 Å². The van der Waals surface area contributed by atoms with E-state index in [4.69, 9.17) is 23.2 Å². The van der Waals surface area contributed by atoms with Gasteiger partial charge in [-0.2, -0.15) is 0 Å². The van der Waals surface area contributed by atoms with Crippen molar-refractivity contribution in [2.75, 3.05) is 12.3 Å². The molecule has 1 unspecified atom stereocenters. The van der Waals surface area contributed by atoms with Crippen molar-refractivity contribution in [1.29, 1.82) is 0 Å². The summed E-state index contributed by atoms with van der Waals surface area (Å²) in [7, 11) is 0. The van der Waals surface area contributed by atoms with Crippen LogP contribution in [0.2, 0.25) is 10.0 Å². The molecule has 0 radical (unpaired) electrons. The highest BCUT2D eigenvalue weighted by molar-refractivity contribution is 7.99. The predicted octanol–water partition coefficient (Wildman–Crippen LogP) is 5.31. The standard InChI is InChI=1S/C22H25Cl2FN2O2S/c1-3-10-26-22(29)15(2)27(12-17-6-7-18(23)11-20(17)24)21(28)14-30-13-16-4-8-19(25)9-5-16/h4-9,11,15H,3,10,12-14H2,1-2H3,(H,26,29). The Balaban J connectivity index is 2.09. The summed E-state index contributed by atoms with van der Waals surface area (Å²) < 4.78 is 13.0. The molecule has 4 nitrogen and oxygen atoms in total. The zero-order chi connectivity index (χ0) is 22.1. The number of carbonyl (C=O) groups is 2. The maximum atomic E-state index is 13.0. The van der Waals surface area contributed by atoms with E-state index in [0.717, 1.165) is 12.0 Å². The number of halogens is 3. The van der Waals surface area contributed by atoms with E-state index in [1.807, 2.05) is 6.92 Å². The lowest BCUT2D eigenvalue weighted by molar-refractivity contribution is -0.138. The summed E-state index contributed by atoms with van der Waals surface area (Å²) in [6.45, 7) is 4.42. The van der Waals surface area contributed by atoms with Crippen LogP contribution in [0, 0.1) is 5.82 Å². The van der Waals surface area contributed by atoms with Crippen LogP contribution in [0.5, 0.6) is 0 Å². The highest BCUT2D eigenvalue weighted by Crippen LogP contribution is 2.24. The number of amides is 2. The molecule has 0 aliphatic rings. The summed E-state index contributed by atoms with van der Waals surface area (Å²) in [6.07, 6.45) is 0.808. The first-order valence-electron chi connectivity index (χ1n) is 9.65. The first kappa shape index (κ1) is 24.5. The Labute approximate surface area is 191 Å². The molecule has 1 atom stereocenters. The van der Waals surface area contributed by atoms with Crippen LogP contribution in [0.15, 0.2) is 42.5 Å². The van der Waals surface area contributed by atoms with Crippen molar-refractivity contribution in [3.05, 3.63) is 69.5 Å². The number of nitrogens with one attached hydrogen (secondary N) is 1. The molecule has 2 aromatic carbocycles. The van der Waals surface area contributed by atoms with Crippen molar-refractivity contribution in [1.82, 2.24) is 10.2 Å². The average Bonchev–Trinajstić information content (AvgIpc) is 2.72. The Morgan fingerprint density at radius 3 is 2.50 bits per heavy atom. The Morgan fingerprint density at radius 1 is 1.17 bits per heavy atom. The van der Waals surface area contributed by atoms with Gasteiger partial charge in [-0.05, 0) is 48.7 Å². The Morgan fingerprint density at radius 2 is 1.87 bits per heavy atom. The van der Waals surface area contributed by atoms with Gasteiger partial charge in [0.15, 0.2) is 0 Å². The molecule has 2 rings (SSSR count). The third-order valence-electron chi connectivity index (χ3n) is 4.48. The zero-order valence-corrected chi connectivity index (χ0v) is 19.3. The zero-order valence-electron chi connectivity index (χ0n) is 17.0. The molecule has 0 heterocycles. The molecule has 2 aromatic rings. The number of hydrogen-bond acceptors (Lipinski definition) is 3. The summed E-state index contributed by atoms with van der Waals surface area (Å²) >= 11 is 13.7. The van der Waals surface area contributed by atoms with Crippen molar-refractivity contribution in [3.63, 3.8) is 0 Å². The quantitative estimate of drug-likeness (QED) is 0.511. The third kappa shape index (κ3) is 7.49. The van der Waals surface area contributed by atoms with Crippen LogP contribution < -0.4 is 5.32 Å². The summed E-state index contributed by atoms with van der Waals surface area (Å²) in [4.78, 5) is 27.0. The van der Waals surface area contributed by atoms with E-state index in [1.165, 1.54) is 28.8 Å². The molecule has 0 aromatic heterocycles. The van der Waals surface area contributed by atoms with Crippen LogP contribution in [0.25, 0.3) is 0 Å². The lowest BCUT2D eigenvalue weighted by Gasteiger charge is -2.29. The molecule has 30 heavy (non-hydrogen) atoms. The molecule has 0 aliphatic heterocycles. The minimum Gasteiger partial charge on any atom is -0.354 e. The Bertz CT molecular complexity index is 865. The van der Waals surface area contributed by atoms with Crippen LogP contribution >= 0.6 is 35.0 Å². The molecule has 0 saturated heterocycles. The molecule has 0 fully saturated rings. The van der Waals surface area contributed by atoms with Gasteiger partial charge in [0.05, 0.1) is 5.75 Å². The Kier molecular flexibility index (Phi) is 9.95. The van der Waals surface area contributed by atoms with Crippen LogP contribution in [0.4, 0.5) is 4.39 Å².